The van der Waals surface area contributed by atoms with Gasteiger partial charge in [-0.1, -0.05) is 41.4 Å². The van der Waals surface area contributed by atoms with E-state index in [-0.39, 0.29) is 10.6 Å². The topological polar surface area (TPSA) is 42.0 Å². The van der Waals surface area contributed by atoms with Crippen LogP contribution in [0.1, 0.15) is 21.6 Å². The van der Waals surface area contributed by atoms with Crippen molar-refractivity contribution < 1.29 is 18.0 Å². The summed E-state index contributed by atoms with van der Waals surface area (Å²) in [5.74, 6) is -0.530. The number of alkyl halides is 3. The quantitative estimate of drug-likeness (QED) is 0.433. The third kappa shape index (κ3) is 5.82. The number of benzene rings is 2. The number of hydrogen-bond donors (Lipinski definition) is 1. The lowest BCUT2D eigenvalue weighted by Gasteiger charge is -2.08. The molecule has 1 heterocycles. The molecule has 3 nitrogen and oxygen atoms in total. The van der Waals surface area contributed by atoms with Gasteiger partial charge in [0, 0.05) is 33.6 Å². The van der Waals surface area contributed by atoms with E-state index in [1.54, 1.807) is 12.3 Å². The van der Waals surface area contributed by atoms with E-state index in [2.05, 4.69) is 10.3 Å². The summed E-state index contributed by atoms with van der Waals surface area (Å²) in [5.41, 5.74) is 0.191. The maximum Gasteiger partial charge on any atom is 0.416 e. The van der Waals surface area contributed by atoms with Crippen LogP contribution in [0.25, 0.3) is 6.08 Å². The van der Waals surface area contributed by atoms with Gasteiger partial charge in [-0.05, 0) is 41.5 Å². The lowest BCUT2D eigenvalue weighted by atomic mass is 10.1. The van der Waals surface area contributed by atoms with Crippen LogP contribution >= 0.6 is 34.5 Å². The van der Waals surface area contributed by atoms with E-state index in [0.717, 1.165) is 34.7 Å². The van der Waals surface area contributed by atoms with Crippen molar-refractivity contribution in [1.29, 1.82) is 0 Å². The first-order valence-corrected chi connectivity index (χ1v) is 9.83. The van der Waals surface area contributed by atoms with Gasteiger partial charge in [0.2, 0.25) is 5.91 Å². The highest BCUT2D eigenvalue weighted by Crippen LogP contribution is 2.32. The number of aromatic nitrogens is 1. The fourth-order valence-electron chi connectivity index (χ4n) is 2.44. The number of thiazole rings is 1. The van der Waals surface area contributed by atoms with E-state index in [1.165, 1.54) is 17.4 Å². The largest absolute Gasteiger partial charge is 0.416 e. The highest BCUT2D eigenvalue weighted by molar-refractivity contribution is 7.15. The maximum absolute atomic E-state index is 12.8. The minimum atomic E-state index is -4.49. The Kier molecular flexibility index (Phi) is 6.62. The molecule has 0 saturated heterocycles. The van der Waals surface area contributed by atoms with Gasteiger partial charge in [0.05, 0.1) is 5.56 Å². The molecule has 150 valence electrons. The van der Waals surface area contributed by atoms with Crippen molar-refractivity contribution in [2.24, 2.45) is 0 Å². The highest BCUT2D eigenvalue weighted by atomic mass is 35.5. The van der Waals surface area contributed by atoms with Crippen LogP contribution in [-0.4, -0.2) is 10.9 Å². The van der Waals surface area contributed by atoms with Crippen LogP contribution in [-0.2, 0) is 17.4 Å². The van der Waals surface area contributed by atoms with E-state index in [9.17, 15) is 18.0 Å². The second kappa shape index (κ2) is 8.98. The molecule has 0 atom stereocenters. The number of nitrogens with zero attached hydrogens (tertiary/aromatic N) is 1. The highest BCUT2D eigenvalue weighted by Gasteiger charge is 2.30. The van der Waals surface area contributed by atoms with Crippen LogP contribution in [0, 0.1) is 0 Å². The predicted octanol–water partition coefficient (Wildman–Crippen LogP) is 6.71. The number of anilines is 1. The number of rotatable bonds is 5. The lowest BCUT2D eigenvalue weighted by Crippen LogP contribution is -2.07. The van der Waals surface area contributed by atoms with Crippen molar-refractivity contribution in [3.8, 4) is 0 Å². The van der Waals surface area contributed by atoms with Gasteiger partial charge in [-0.15, -0.1) is 11.3 Å². The third-order valence-corrected chi connectivity index (χ3v) is 5.47. The molecule has 0 bridgehead atoms. The molecule has 29 heavy (non-hydrogen) atoms. The van der Waals surface area contributed by atoms with Crippen LogP contribution in [0.5, 0.6) is 0 Å². The molecule has 0 spiro atoms. The van der Waals surface area contributed by atoms with Crippen LogP contribution in [0.2, 0.25) is 10.0 Å². The molecule has 0 aliphatic carbocycles. The SMILES string of the molecule is O=C(/C=C/c1cc(C(F)(F)F)ccc1Cl)Nc1ncc(Cc2ccccc2Cl)s1. The summed E-state index contributed by atoms with van der Waals surface area (Å²) in [5, 5.41) is 3.71. The van der Waals surface area contributed by atoms with Crippen molar-refractivity contribution in [2.75, 3.05) is 5.32 Å². The molecule has 0 radical (unpaired) electrons. The molecule has 0 aliphatic rings. The fraction of sp³-hybridized carbons (Fsp3) is 0.100. The Morgan fingerprint density at radius 1 is 1.14 bits per heavy atom. The summed E-state index contributed by atoms with van der Waals surface area (Å²) < 4.78 is 38.4. The molecule has 2 aromatic carbocycles. The van der Waals surface area contributed by atoms with E-state index < -0.39 is 17.6 Å². The number of carbonyl (C=O) groups excluding carboxylic acids is 1. The van der Waals surface area contributed by atoms with E-state index in [1.807, 2.05) is 18.2 Å². The first kappa shape index (κ1) is 21.4. The standard InChI is InChI=1S/C20H13Cl2F3N2OS/c21-16-4-2-1-3-12(16)10-15-11-26-19(29-15)27-18(28)8-5-13-9-14(20(23,24)25)6-7-17(13)22/h1-9,11H,10H2,(H,26,27,28)/b8-5+. The van der Waals surface area contributed by atoms with Gasteiger partial charge in [-0.2, -0.15) is 13.2 Å². The Hall–Kier alpha value is -2.35. The maximum atomic E-state index is 12.8. The molecule has 1 amide bonds. The monoisotopic (exact) mass is 456 g/mol. The number of halogens is 5. The molecular formula is C20H13Cl2F3N2OS. The molecule has 3 aromatic rings. The Morgan fingerprint density at radius 3 is 2.62 bits per heavy atom. The summed E-state index contributed by atoms with van der Waals surface area (Å²) in [4.78, 5) is 17.1. The van der Waals surface area contributed by atoms with Crippen molar-refractivity contribution in [3.63, 3.8) is 0 Å². The summed E-state index contributed by atoms with van der Waals surface area (Å²) in [6, 6.07) is 10.3. The molecule has 1 N–H and O–H groups in total. The molecule has 3 rings (SSSR count). The van der Waals surface area contributed by atoms with Crippen molar-refractivity contribution in [1.82, 2.24) is 4.98 Å². The molecule has 0 saturated carbocycles. The summed E-state index contributed by atoms with van der Waals surface area (Å²) in [7, 11) is 0. The van der Waals surface area contributed by atoms with Gasteiger partial charge in [-0.25, -0.2) is 4.98 Å². The number of hydrogen-bond acceptors (Lipinski definition) is 3. The zero-order valence-corrected chi connectivity index (χ0v) is 17.0. The van der Waals surface area contributed by atoms with Gasteiger partial charge in [0.25, 0.3) is 0 Å². The molecule has 9 heteroatoms. The molecule has 0 fully saturated rings. The molecule has 0 aliphatic heterocycles. The Bertz CT molecular complexity index is 1060. The number of amides is 1. The second-order valence-electron chi connectivity index (χ2n) is 5.96. The minimum absolute atomic E-state index is 0.0928. The normalized spacial score (nSPS) is 11.8. The minimum Gasteiger partial charge on any atom is -0.298 e. The smallest absolute Gasteiger partial charge is 0.298 e. The first-order chi connectivity index (χ1) is 13.7. The Morgan fingerprint density at radius 2 is 1.90 bits per heavy atom. The van der Waals surface area contributed by atoms with E-state index >= 15 is 0 Å². The van der Waals surface area contributed by atoms with Crippen LogP contribution in [0.3, 0.4) is 0 Å². The lowest BCUT2D eigenvalue weighted by molar-refractivity contribution is -0.137. The zero-order chi connectivity index (χ0) is 21.0. The summed E-state index contributed by atoms with van der Waals surface area (Å²) in [6.07, 6.45) is 0.0515. The van der Waals surface area contributed by atoms with Crippen LogP contribution in [0.15, 0.2) is 54.7 Å². The zero-order valence-electron chi connectivity index (χ0n) is 14.6. The van der Waals surface area contributed by atoms with Crippen molar-refractivity contribution in [2.45, 2.75) is 12.6 Å². The Labute approximate surface area is 178 Å². The van der Waals surface area contributed by atoms with Crippen molar-refractivity contribution >= 4 is 51.7 Å². The summed E-state index contributed by atoms with van der Waals surface area (Å²) in [6.45, 7) is 0. The average Bonchev–Trinajstić information content (AvgIpc) is 3.09. The van der Waals surface area contributed by atoms with Gasteiger partial charge >= 0.3 is 6.18 Å². The van der Waals surface area contributed by atoms with Gasteiger partial charge in [-0.3, -0.25) is 10.1 Å². The Balaban J connectivity index is 1.66. The molecular weight excluding hydrogens is 444 g/mol. The van der Waals surface area contributed by atoms with Gasteiger partial charge < -0.3 is 0 Å². The predicted molar refractivity (Wildman–Crippen MR) is 110 cm³/mol. The third-order valence-electron chi connectivity index (χ3n) is 3.84. The van der Waals surface area contributed by atoms with Crippen LogP contribution in [0.4, 0.5) is 18.3 Å². The summed E-state index contributed by atoms with van der Waals surface area (Å²) >= 11 is 13.3. The second-order valence-corrected chi connectivity index (χ2v) is 7.89. The van der Waals surface area contributed by atoms with Gasteiger partial charge in [0.1, 0.15) is 0 Å². The van der Waals surface area contributed by atoms with Crippen molar-refractivity contribution in [3.05, 3.63) is 86.4 Å². The number of nitrogens with one attached hydrogen (secondary N) is 1. The van der Waals surface area contributed by atoms with E-state index in [0.29, 0.717) is 16.6 Å². The number of carbonyl (C=O) groups is 1. The van der Waals surface area contributed by atoms with Crippen LogP contribution < -0.4 is 5.32 Å². The molecule has 1 aromatic heterocycles. The first-order valence-electron chi connectivity index (χ1n) is 8.26. The fourth-order valence-corrected chi connectivity index (χ4v) is 3.66. The van der Waals surface area contributed by atoms with Gasteiger partial charge in [0.15, 0.2) is 5.13 Å². The van der Waals surface area contributed by atoms with E-state index in [4.69, 9.17) is 23.2 Å². The molecule has 0 unspecified atom stereocenters. The average molecular weight is 457 g/mol.